The Balaban J connectivity index is 1.61. The topological polar surface area (TPSA) is 85.0 Å². The van der Waals surface area contributed by atoms with Crippen LogP contribution in [0.15, 0.2) is 69.1 Å². The van der Waals surface area contributed by atoms with Crippen molar-refractivity contribution in [3.63, 3.8) is 0 Å². The van der Waals surface area contributed by atoms with Crippen LogP contribution in [0.1, 0.15) is 15.9 Å². The van der Waals surface area contributed by atoms with Crippen molar-refractivity contribution in [1.29, 1.82) is 0 Å². The molecule has 5 rings (SSSR count). The molecular formula is C23H13Cl2N3O4S2. The Labute approximate surface area is 210 Å². The molecule has 0 atom stereocenters. The number of amides is 1. The van der Waals surface area contributed by atoms with Crippen molar-refractivity contribution >= 4 is 84.3 Å². The zero-order valence-corrected chi connectivity index (χ0v) is 20.5. The average Bonchev–Trinajstić information content (AvgIpc) is 3.41. The molecule has 11 heteroatoms. The van der Waals surface area contributed by atoms with Crippen molar-refractivity contribution in [2.75, 3.05) is 12.1 Å². The molecule has 0 fully saturated rings. The number of fused-ring (bicyclic) bond motifs is 2. The molecule has 0 N–H and O–H groups in total. The van der Waals surface area contributed by atoms with Crippen molar-refractivity contribution in [3.8, 4) is 5.75 Å². The zero-order valence-electron chi connectivity index (χ0n) is 17.3. The molecule has 2 aromatic carbocycles. The van der Waals surface area contributed by atoms with Crippen molar-refractivity contribution in [2.45, 2.75) is 0 Å². The Bertz CT molecular complexity index is 1640. The highest BCUT2D eigenvalue weighted by atomic mass is 35.5. The van der Waals surface area contributed by atoms with E-state index in [1.165, 1.54) is 29.9 Å². The van der Waals surface area contributed by atoms with Crippen LogP contribution in [-0.2, 0) is 0 Å². The van der Waals surface area contributed by atoms with Crippen LogP contribution in [0.25, 0.3) is 21.2 Å². The molecule has 5 aromatic rings. The average molecular weight is 530 g/mol. The number of carbonyl (C=O) groups is 1. The Morgan fingerprint density at radius 3 is 2.76 bits per heavy atom. The van der Waals surface area contributed by atoms with E-state index in [4.69, 9.17) is 32.4 Å². The summed E-state index contributed by atoms with van der Waals surface area (Å²) in [6.45, 7) is 0. The first-order valence-electron chi connectivity index (χ1n) is 9.73. The van der Waals surface area contributed by atoms with Crippen LogP contribution in [-0.4, -0.2) is 24.2 Å². The number of para-hydroxylation sites is 1. The number of thiophene rings is 1. The maximum atomic E-state index is 13.4. The Morgan fingerprint density at radius 1 is 1.18 bits per heavy atom. The smallest absolute Gasteiger partial charge is 0.283 e. The number of methoxy groups -OCH3 is 1. The van der Waals surface area contributed by atoms with Gasteiger partial charge in [0, 0.05) is 0 Å². The normalized spacial score (nSPS) is 11.5. The number of carbonyl (C=O) groups excluding carboxylic acids is 1. The van der Waals surface area contributed by atoms with Gasteiger partial charge in [-0.05, 0) is 36.4 Å². The molecule has 0 saturated carbocycles. The van der Waals surface area contributed by atoms with Gasteiger partial charge in [-0.1, -0.05) is 46.7 Å². The minimum atomic E-state index is -0.541. The summed E-state index contributed by atoms with van der Waals surface area (Å²) in [5.41, 5.74) is 1.19. The van der Waals surface area contributed by atoms with Gasteiger partial charge < -0.3 is 9.15 Å². The van der Waals surface area contributed by atoms with Gasteiger partial charge in [-0.2, -0.15) is 10.1 Å². The van der Waals surface area contributed by atoms with Crippen LogP contribution in [0.5, 0.6) is 5.75 Å². The maximum Gasteiger partial charge on any atom is 0.283 e. The van der Waals surface area contributed by atoms with Crippen LogP contribution in [0.3, 0.4) is 0 Å². The molecule has 0 spiro atoms. The van der Waals surface area contributed by atoms with Crippen LogP contribution >= 0.6 is 45.9 Å². The molecule has 0 aliphatic carbocycles. The zero-order chi connectivity index (χ0) is 23.8. The number of halogens is 2. The molecule has 0 radical (unpaired) electrons. The van der Waals surface area contributed by atoms with Gasteiger partial charge in [0.05, 0.1) is 44.4 Å². The summed E-state index contributed by atoms with van der Waals surface area (Å²) in [6, 6.07) is 13.7. The van der Waals surface area contributed by atoms with E-state index in [1.54, 1.807) is 43.5 Å². The number of benzene rings is 2. The van der Waals surface area contributed by atoms with Gasteiger partial charge in [0.1, 0.15) is 21.9 Å². The van der Waals surface area contributed by atoms with Gasteiger partial charge in [-0.3, -0.25) is 9.59 Å². The minimum absolute atomic E-state index is 0.175. The number of hydrogen-bond donors (Lipinski definition) is 0. The molecule has 0 aliphatic heterocycles. The minimum Gasteiger partial charge on any atom is -0.497 e. The molecular weight excluding hydrogens is 517 g/mol. The monoisotopic (exact) mass is 529 g/mol. The third-order valence-corrected chi connectivity index (χ3v) is 7.35. The van der Waals surface area contributed by atoms with Gasteiger partial charge in [-0.25, -0.2) is 4.98 Å². The van der Waals surface area contributed by atoms with E-state index in [1.807, 2.05) is 6.07 Å². The number of hydrazone groups is 1. The molecule has 3 heterocycles. The van der Waals surface area contributed by atoms with Crippen LogP contribution in [0.2, 0.25) is 8.67 Å². The van der Waals surface area contributed by atoms with Gasteiger partial charge in [0.25, 0.3) is 5.91 Å². The number of ether oxygens (including phenoxy) is 1. The SMILES string of the molecule is COc1ccc2nc(N(/N=C/c3coc4ccccc4c3=O)C(=O)c3cc(Cl)sc3Cl)sc2c1. The van der Waals surface area contributed by atoms with Crippen LogP contribution in [0, 0.1) is 0 Å². The van der Waals surface area contributed by atoms with Gasteiger partial charge in [0.15, 0.2) is 0 Å². The van der Waals surface area contributed by atoms with Crippen LogP contribution in [0.4, 0.5) is 5.13 Å². The quantitative estimate of drug-likeness (QED) is 0.192. The third kappa shape index (κ3) is 4.19. The van der Waals surface area contributed by atoms with Gasteiger partial charge in [-0.15, -0.1) is 11.3 Å². The highest BCUT2D eigenvalue weighted by molar-refractivity contribution is 7.22. The van der Waals surface area contributed by atoms with Crippen molar-refractivity contribution in [1.82, 2.24) is 4.98 Å². The molecule has 0 unspecified atom stereocenters. The molecule has 0 bridgehead atoms. The number of hydrogen-bond acceptors (Lipinski definition) is 8. The van der Waals surface area contributed by atoms with E-state index in [2.05, 4.69) is 10.1 Å². The first-order valence-corrected chi connectivity index (χ1v) is 12.1. The van der Waals surface area contributed by atoms with Crippen molar-refractivity contribution in [3.05, 3.63) is 84.8 Å². The van der Waals surface area contributed by atoms with Crippen molar-refractivity contribution < 1.29 is 13.9 Å². The number of aromatic nitrogens is 1. The molecule has 7 nitrogen and oxygen atoms in total. The number of thiazole rings is 1. The Kier molecular flexibility index (Phi) is 6.09. The molecule has 1 amide bonds. The molecule has 0 saturated heterocycles. The van der Waals surface area contributed by atoms with E-state index < -0.39 is 5.91 Å². The predicted molar refractivity (Wildman–Crippen MR) is 137 cm³/mol. The first kappa shape index (κ1) is 22.5. The largest absolute Gasteiger partial charge is 0.497 e. The lowest BCUT2D eigenvalue weighted by Crippen LogP contribution is -2.26. The number of rotatable bonds is 5. The molecule has 170 valence electrons. The summed E-state index contributed by atoms with van der Waals surface area (Å²) in [5, 5.41) is 6.10. The summed E-state index contributed by atoms with van der Waals surface area (Å²) in [7, 11) is 1.57. The highest BCUT2D eigenvalue weighted by Crippen LogP contribution is 2.36. The summed E-state index contributed by atoms with van der Waals surface area (Å²) >= 11 is 14.6. The number of nitrogens with zero attached hydrogens (tertiary/aromatic N) is 3. The van der Waals surface area contributed by atoms with E-state index in [0.29, 0.717) is 26.6 Å². The summed E-state index contributed by atoms with van der Waals surface area (Å²) in [6.07, 6.45) is 2.57. The fourth-order valence-electron chi connectivity index (χ4n) is 3.20. The standard InChI is InChI=1S/C23H13Cl2N3O4S2/c1-31-13-6-7-16-18(8-13)33-23(27-16)28(22(30)15-9-19(24)34-21(15)25)26-10-12-11-32-17-5-3-2-4-14(17)20(12)29/h2-11H,1H3/b26-10+. The lowest BCUT2D eigenvalue weighted by molar-refractivity contribution is 0.0988. The van der Waals surface area contributed by atoms with E-state index in [0.717, 1.165) is 21.0 Å². The van der Waals surface area contributed by atoms with Gasteiger partial charge >= 0.3 is 0 Å². The van der Waals surface area contributed by atoms with E-state index >= 15 is 0 Å². The fourth-order valence-corrected chi connectivity index (χ4v) is 5.60. The second kappa shape index (κ2) is 9.19. The second-order valence-electron chi connectivity index (χ2n) is 6.95. The van der Waals surface area contributed by atoms with E-state index in [9.17, 15) is 9.59 Å². The lowest BCUT2D eigenvalue weighted by Gasteiger charge is -2.13. The first-order chi connectivity index (χ1) is 16.4. The summed E-state index contributed by atoms with van der Waals surface area (Å²) < 4.78 is 12.2. The Hall–Kier alpha value is -3.24. The van der Waals surface area contributed by atoms with E-state index in [-0.39, 0.29) is 26.0 Å². The summed E-state index contributed by atoms with van der Waals surface area (Å²) in [4.78, 5) is 30.8. The lowest BCUT2D eigenvalue weighted by atomic mass is 10.2. The maximum absolute atomic E-state index is 13.4. The molecule has 0 aliphatic rings. The highest BCUT2D eigenvalue weighted by Gasteiger charge is 2.25. The number of anilines is 1. The predicted octanol–water partition coefficient (Wildman–Crippen LogP) is 6.46. The Morgan fingerprint density at radius 2 is 2.00 bits per heavy atom. The van der Waals surface area contributed by atoms with Crippen molar-refractivity contribution in [2.24, 2.45) is 5.10 Å². The fraction of sp³-hybridized carbons (Fsp3) is 0.0435. The molecule has 3 aromatic heterocycles. The van der Waals surface area contributed by atoms with Crippen LogP contribution < -0.4 is 15.2 Å². The second-order valence-corrected chi connectivity index (χ2v) is 10.2. The van der Waals surface area contributed by atoms with Gasteiger partial charge in [0.2, 0.25) is 10.6 Å². The summed E-state index contributed by atoms with van der Waals surface area (Å²) in [5.74, 6) is 0.117. The third-order valence-electron chi connectivity index (χ3n) is 4.86. The molecule has 34 heavy (non-hydrogen) atoms.